The third kappa shape index (κ3) is 4.87. The van der Waals surface area contributed by atoms with E-state index in [0.29, 0.717) is 18.7 Å². The molecular formula is C28H31BrN6O. The number of aromatic nitrogens is 4. The van der Waals surface area contributed by atoms with Gasteiger partial charge in [0.2, 0.25) is 0 Å². The topological polar surface area (TPSA) is 67.2 Å². The molecule has 2 aromatic heterocycles. The molecule has 3 heterocycles. The fourth-order valence-electron chi connectivity index (χ4n) is 4.77. The summed E-state index contributed by atoms with van der Waals surface area (Å²) in [5.41, 5.74) is 3.46. The summed E-state index contributed by atoms with van der Waals surface area (Å²) in [5, 5.41) is 5.86. The number of amides is 1. The molecule has 0 saturated carbocycles. The average Bonchev–Trinajstić information content (AvgIpc) is 3.07. The Bertz CT molecular complexity index is 1370. The van der Waals surface area contributed by atoms with Gasteiger partial charge in [0.1, 0.15) is 11.6 Å². The average molecular weight is 548 g/mol. The van der Waals surface area contributed by atoms with Crippen molar-refractivity contribution in [1.82, 2.24) is 24.6 Å². The van der Waals surface area contributed by atoms with E-state index in [1.165, 1.54) is 0 Å². The maximum absolute atomic E-state index is 13.3. The monoisotopic (exact) mass is 546 g/mol. The number of fused-ring (bicyclic) bond motifs is 1. The zero-order chi connectivity index (χ0) is 25.1. The molecule has 0 unspecified atom stereocenters. The fourth-order valence-corrected chi connectivity index (χ4v) is 5.22. The van der Waals surface area contributed by atoms with Gasteiger partial charge in [0.05, 0.1) is 22.3 Å². The smallest absolute Gasteiger partial charge is 0.255 e. The number of para-hydroxylation sites is 1. The number of unbranched alkanes of at least 4 members (excludes halogenated alkanes) is 1. The summed E-state index contributed by atoms with van der Waals surface area (Å²) in [7, 11) is 0. The van der Waals surface area contributed by atoms with Gasteiger partial charge in [-0.3, -0.25) is 4.79 Å². The van der Waals surface area contributed by atoms with Gasteiger partial charge in [-0.05, 0) is 60.0 Å². The van der Waals surface area contributed by atoms with Crippen molar-refractivity contribution in [2.24, 2.45) is 0 Å². The van der Waals surface area contributed by atoms with Gasteiger partial charge in [-0.2, -0.15) is 5.10 Å². The Balaban J connectivity index is 1.50. The molecule has 0 N–H and O–H groups in total. The summed E-state index contributed by atoms with van der Waals surface area (Å²) in [4.78, 5) is 27.6. The first kappa shape index (κ1) is 24.4. The first-order valence-electron chi connectivity index (χ1n) is 12.7. The molecule has 1 aliphatic rings. The highest BCUT2D eigenvalue weighted by atomic mass is 79.9. The summed E-state index contributed by atoms with van der Waals surface area (Å²) in [5.74, 6) is 1.84. The molecule has 1 saturated heterocycles. The molecule has 0 aliphatic carbocycles. The summed E-state index contributed by atoms with van der Waals surface area (Å²) < 4.78 is 2.77. The van der Waals surface area contributed by atoms with E-state index in [2.05, 4.69) is 39.9 Å². The van der Waals surface area contributed by atoms with Crippen LogP contribution in [0.3, 0.4) is 0 Å². The van der Waals surface area contributed by atoms with Crippen molar-refractivity contribution in [3.05, 3.63) is 76.2 Å². The SMILES string of the molecule is CCCCc1nc(N2CCCN(C(=O)c3ccccc3Br)CC2)c2c(C)nn(-c3ccccc3)c2n1. The normalized spacial score (nSPS) is 14.3. The van der Waals surface area contributed by atoms with Crippen molar-refractivity contribution in [3.63, 3.8) is 0 Å². The Morgan fingerprint density at radius 2 is 1.75 bits per heavy atom. The van der Waals surface area contributed by atoms with E-state index >= 15 is 0 Å². The Kier molecular flexibility index (Phi) is 7.32. The number of benzene rings is 2. The number of carbonyl (C=O) groups excluding carboxylic acids is 1. The lowest BCUT2D eigenvalue weighted by atomic mass is 10.2. The minimum Gasteiger partial charge on any atom is -0.354 e. The number of halogens is 1. The number of carbonyl (C=O) groups is 1. The van der Waals surface area contributed by atoms with E-state index in [-0.39, 0.29) is 5.91 Å². The number of hydrogen-bond donors (Lipinski definition) is 0. The van der Waals surface area contributed by atoms with Crippen molar-refractivity contribution in [3.8, 4) is 5.69 Å². The number of hydrogen-bond acceptors (Lipinski definition) is 5. The second-order valence-corrected chi connectivity index (χ2v) is 10.1. The highest BCUT2D eigenvalue weighted by Gasteiger charge is 2.26. The number of anilines is 1. The molecule has 186 valence electrons. The van der Waals surface area contributed by atoms with Crippen molar-refractivity contribution in [1.29, 1.82) is 0 Å². The molecule has 0 spiro atoms. The highest BCUT2D eigenvalue weighted by molar-refractivity contribution is 9.10. The Morgan fingerprint density at radius 1 is 0.972 bits per heavy atom. The van der Waals surface area contributed by atoms with Crippen molar-refractivity contribution in [2.75, 3.05) is 31.1 Å². The summed E-state index contributed by atoms with van der Waals surface area (Å²) in [6, 6.07) is 17.8. The highest BCUT2D eigenvalue weighted by Crippen LogP contribution is 2.30. The van der Waals surface area contributed by atoms with Crippen LogP contribution in [0.1, 0.15) is 48.1 Å². The van der Waals surface area contributed by atoms with Gasteiger partial charge in [-0.25, -0.2) is 14.6 Å². The molecule has 4 aromatic rings. The molecule has 5 rings (SSSR count). The molecule has 0 atom stereocenters. The van der Waals surface area contributed by atoms with Crippen molar-refractivity contribution < 1.29 is 4.79 Å². The largest absolute Gasteiger partial charge is 0.354 e. The van der Waals surface area contributed by atoms with E-state index < -0.39 is 0 Å². The van der Waals surface area contributed by atoms with Crippen molar-refractivity contribution in [2.45, 2.75) is 39.5 Å². The van der Waals surface area contributed by atoms with Crippen LogP contribution in [-0.4, -0.2) is 56.7 Å². The maximum atomic E-state index is 13.3. The fraction of sp³-hybridized carbons (Fsp3) is 0.357. The lowest BCUT2D eigenvalue weighted by molar-refractivity contribution is 0.0766. The van der Waals surface area contributed by atoms with Crippen LogP contribution >= 0.6 is 15.9 Å². The molecule has 0 bridgehead atoms. The van der Waals surface area contributed by atoms with Gasteiger partial charge >= 0.3 is 0 Å². The Hall–Kier alpha value is -3.26. The summed E-state index contributed by atoms with van der Waals surface area (Å²) in [6.45, 7) is 7.11. The number of aryl methyl sites for hydroxylation is 2. The minimum atomic E-state index is 0.0638. The van der Waals surface area contributed by atoms with Crippen LogP contribution in [0.25, 0.3) is 16.7 Å². The van der Waals surface area contributed by atoms with Gasteiger partial charge < -0.3 is 9.80 Å². The lowest BCUT2D eigenvalue weighted by Gasteiger charge is -2.24. The Morgan fingerprint density at radius 3 is 2.53 bits per heavy atom. The van der Waals surface area contributed by atoms with Gasteiger partial charge in [0.25, 0.3) is 5.91 Å². The maximum Gasteiger partial charge on any atom is 0.255 e. The zero-order valence-corrected chi connectivity index (χ0v) is 22.4. The third-order valence-corrected chi connectivity index (χ3v) is 7.36. The van der Waals surface area contributed by atoms with Crippen molar-refractivity contribution >= 4 is 38.7 Å². The first-order chi connectivity index (χ1) is 17.6. The molecule has 2 aromatic carbocycles. The van der Waals surface area contributed by atoms with E-state index in [1.807, 2.05) is 59.0 Å². The van der Waals surface area contributed by atoms with Gasteiger partial charge in [-0.1, -0.05) is 43.7 Å². The van der Waals surface area contributed by atoms with E-state index in [1.54, 1.807) is 0 Å². The predicted molar refractivity (Wildman–Crippen MR) is 147 cm³/mol. The third-order valence-electron chi connectivity index (χ3n) is 6.67. The van der Waals surface area contributed by atoms with E-state index in [9.17, 15) is 4.79 Å². The molecule has 1 aliphatic heterocycles. The van der Waals surface area contributed by atoms with Crippen LogP contribution < -0.4 is 4.90 Å². The molecular weight excluding hydrogens is 516 g/mol. The molecule has 36 heavy (non-hydrogen) atoms. The van der Waals surface area contributed by atoms with E-state index in [0.717, 1.165) is 77.3 Å². The predicted octanol–water partition coefficient (Wildman–Crippen LogP) is 5.58. The van der Waals surface area contributed by atoms with Crippen LogP contribution in [-0.2, 0) is 6.42 Å². The molecule has 0 radical (unpaired) electrons. The summed E-state index contributed by atoms with van der Waals surface area (Å²) >= 11 is 3.53. The van der Waals surface area contributed by atoms with E-state index in [4.69, 9.17) is 15.1 Å². The number of rotatable bonds is 6. The van der Waals surface area contributed by atoms with Crippen LogP contribution in [0, 0.1) is 6.92 Å². The Labute approximate surface area is 220 Å². The lowest BCUT2D eigenvalue weighted by Crippen LogP contribution is -2.35. The second kappa shape index (κ2) is 10.8. The second-order valence-electron chi connectivity index (χ2n) is 9.21. The quantitative estimate of drug-likeness (QED) is 0.315. The molecule has 7 nitrogen and oxygen atoms in total. The molecule has 1 fully saturated rings. The zero-order valence-electron chi connectivity index (χ0n) is 20.8. The minimum absolute atomic E-state index is 0.0638. The van der Waals surface area contributed by atoms with Gasteiger partial charge in [0, 0.05) is 37.1 Å². The van der Waals surface area contributed by atoms with Gasteiger partial charge in [0.15, 0.2) is 5.65 Å². The van der Waals surface area contributed by atoms with Crippen LogP contribution in [0.4, 0.5) is 5.82 Å². The van der Waals surface area contributed by atoms with Crippen LogP contribution in [0.2, 0.25) is 0 Å². The molecule has 1 amide bonds. The van der Waals surface area contributed by atoms with Crippen LogP contribution in [0.5, 0.6) is 0 Å². The molecule has 8 heteroatoms. The number of nitrogens with zero attached hydrogens (tertiary/aromatic N) is 6. The summed E-state index contributed by atoms with van der Waals surface area (Å²) in [6.07, 6.45) is 3.83. The van der Waals surface area contributed by atoms with Gasteiger partial charge in [-0.15, -0.1) is 0 Å². The standard InChI is InChI=1S/C28H31BrN6O/c1-3-4-15-24-30-26(25-20(2)32-35(27(25)31-24)21-11-6-5-7-12-21)33-16-10-17-34(19-18-33)28(36)22-13-8-9-14-23(22)29/h5-9,11-14H,3-4,10,15-19H2,1-2H3. The first-order valence-corrected chi connectivity index (χ1v) is 13.5. The van der Waals surface area contributed by atoms with Crippen LogP contribution in [0.15, 0.2) is 59.1 Å².